The highest BCUT2D eigenvalue weighted by Crippen LogP contribution is 2.30. The molecule has 2 aromatic heterocycles. The smallest absolute Gasteiger partial charge is 0.305 e. The van der Waals surface area contributed by atoms with Crippen LogP contribution in [0.5, 0.6) is 0 Å². The number of carbonyl (C=O) groups is 1. The van der Waals surface area contributed by atoms with Crippen molar-refractivity contribution in [1.29, 1.82) is 0 Å². The zero-order valence-corrected chi connectivity index (χ0v) is 13.4. The lowest BCUT2D eigenvalue weighted by atomic mass is 10.1. The maximum Gasteiger partial charge on any atom is 0.305 e. The van der Waals surface area contributed by atoms with Gasteiger partial charge in [0.05, 0.1) is 24.1 Å². The first kappa shape index (κ1) is 15.9. The van der Waals surface area contributed by atoms with Gasteiger partial charge in [-0.25, -0.2) is 15.0 Å². The number of aryl methyl sites for hydroxylation is 2. The van der Waals surface area contributed by atoms with Gasteiger partial charge in [0.1, 0.15) is 5.82 Å². The van der Waals surface area contributed by atoms with Gasteiger partial charge in [0.2, 0.25) is 0 Å². The van der Waals surface area contributed by atoms with Crippen molar-refractivity contribution in [2.24, 2.45) is 0 Å². The molecule has 122 valence electrons. The molecule has 2 heterocycles. The van der Waals surface area contributed by atoms with E-state index >= 15 is 0 Å². The van der Waals surface area contributed by atoms with E-state index in [4.69, 9.17) is 5.11 Å². The Morgan fingerprint density at radius 1 is 1.08 bits per heavy atom. The molecule has 1 N–H and O–H groups in total. The number of carboxylic acids is 1. The second kappa shape index (κ2) is 7.04. The molecule has 0 unspecified atom stereocenters. The second-order valence-electron chi connectivity index (χ2n) is 5.39. The topological polar surface area (TPSA) is 80.9 Å². The SMILES string of the molecule is CCc1ncc(-c2c(-c3ccccc3)ncn2CCC(=O)O)cn1. The second-order valence-corrected chi connectivity index (χ2v) is 5.39. The summed E-state index contributed by atoms with van der Waals surface area (Å²) in [6.45, 7) is 2.35. The molecule has 0 spiro atoms. The number of carboxylic acid groups (broad SMARTS) is 1. The molecule has 0 radical (unpaired) electrons. The highest BCUT2D eigenvalue weighted by atomic mass is 16.4. The summed E-state index contributed by atoms with van der Waals surface area (Å²) in [7, 11) is 0. The standard InChI is InChI=1S/C18H18N4O2/c1-2-15-19-10-14(11-20-15)18-17(13-6-4-3-5-7-13)21-12-22(18)9-8-16(23)24/h3-7,10-12H,2,8-9H2,1H3,(H,23,24). The summed E-state index contributed by atoms with van der Waals surface area (Å²) < 4.78 is 1.85. The first-order valence-electron chi connectivity index (χ1n) is 7.82. The molecule has 6 heteroatoms. The minimum Gasteiger partial charge on any atom is -0.481 e. The number of rotatable bonds is 6. The predicted octanol–water partition coefficient (Wildman–Crippen LogP) is 3.04. The van der Waals surface area contributed by atoms with Gasteiger partial charge in [-0.1, -0.05) is 37.3 Å². The van der Waals surface area contributed by atoms with E-state index in [0.717, 1.165) is 34.8 Å². The number of benzene rings is 1. The third kappa shape index (κ3) is 3.32. The van der Waals surface area contributed by atoms with Gasteiger partial charge in [-0.15, -0.1) is 0 Å². The van der Waals surface area contributed by atoms with Crippen molar-refractivity contribution in [1.82, 2.24) is 19.5 Å². The van der Waals surface area contributed by atoms with Gasteiger partial charge in [-0.05, 0) is 0 Å². The summed E-state index contributed by atoms with van der Waals surface area (Å²) in [4.78, 5) is 24.1. The molecule has 0 aliphatic heterocycles. The number of nitrogens with zero attached hydrogens (tertiary/aromatic N) is 4. The number of aliphatic carboxylic acids is 1. The lowest BCUT2D eigenvalue weighted by Gasteiger charge is -2.09. The molecule has 0 saturated heterocycles. The Bertz CT molecular complexity index is 826. The molecule has 3 aromatic rings. The minimum atomic E-state index is -0.839. The van der Waals surface area contributed by atoms with Crippen LogP contribution in [0.3, 0.4) is 0 Å². The maximum atomic E-state index is 10.9. The van der Waals surface area contributed by atoms with Crippen LogP contribution < -0.4 is 0 Å². The zero-order chi connectivity index (χ0) is 16.9. The Labute approximate surface area is 139 Å². The van der Waals surface area contributed by atoms with Gasteiger partial charge in [-0.3, -0.25) is 4.79 Å². The first-order chi connectivity index (χ1) is 11.7. The van der Waals surface area contributed by atoms with Gasteiger partial charge < -0.3 is 9.67 Å². The van der Waals surface area contributed by atoms with Crippen molar-refractivity contribution in [2.75, 3.05) is 0 Å². The average molecular weight is 322 g/mol. The van der Waals surface area contributed by atoms with Crippen molar-refractivity contribution in [3.8, 4) is 22.5 Å². The highest BCUT2D eigenvalue weighted by Gasteiger charge is 2.16. The molecular formula is C18H18N4O2. The van der Waals surface area contributed by atoms with E-state index in [0.29, 0.717) is 6.54 Å². The van der Waals surface area contributed by atoms with Crippen LogP contribution in [0.25, 0.3) is 22.5 Å². The summed E-state index contributed by atoms with van der Waals surface area (Å²) in [6, 6.07) is 9.81. The lowest BCUT2D eigenvalue weighted by molar-refractivity contribution is -0.137. The van der Waals surface area contributed by atoms with Crippen LogP contribution in [0.2, 0.25) is 0 Å². The van der Waals surface area contributed by atoms with Gasteiger partial charge in [-0.2, -0.15) is 0 Å². The van der Waals surface area contributed by atoms with E-state index in [1.165, 1.54) is 0 Å². The van der Waals surface area contributed by atoms with Gasteiger partial charge in [0, 0.05) is 36.5 Å². The van der Waals surface area contributed by atoms with Gasteiger partial charge in [0.25, 0.3) is 0 Å². The third-order valence-electron chi connectivity index (χ3n) is 3.75. The molecule has 0 saturated carbocycles. The molecular weight excluding hydrogens is 304 g/mol. The van der Waals surface area contributed by atoms with E-state index in [1.54, 1.807) is 18.7 Å². The summed E-state index contributed by atoms with van der Waals surface area (Å²) >= 11 is 0. The lowest BCUT2D eigenvalue weighted by Crippen LogP contribution is -2.05. The first-order valence-corrected chi connectivity index (χ1v) is 7.82. The normalized spacial score (nSPS) is 10.7. The molecule has 3 rings (SSSR count). The molecule has 0 atom stereocenters. The van der Waals surface area contributed by atoms with Gasteiger partial charge >= 0.3 is 5.97 Å². The van der Waals surface area contributed by atoms with Crippen molar-refractivity contribution < 1.29 is 9.90 Å². The molecule has 1 aromatic carbocycles. The fraction of sp³-hybridized carbons (Fsp3) is 0.222. The maximum absolute atomic E-state index is 10.9. The van der Waals surface area contributed by atoms with Crippen molar-refractivity contribution >= 4 is 5.97 Å². The Balaban J connectivity index is 2.08. The van der Waals surface area contributed by atoms with Crippen LogP contribution in [-0.4, -0.2) is 30.6 Å². The van der Waals surface area contributed by atoms with E-state index in [1.807, 2.05) is 41.8 Å². The Morgan fingerprint density at radius 3 is 2.42 bits per heavy atom. The van der Waals surface area contributed by atoms with E-state index in [9.17, 15) is 4.79 Å². The summed E-state index contributed by atoms with van der Waals surface area (Å²) in [6.07, 6.45) is 6.02. The molecule has 0 amide bonds. The quantitative estimate of drug-likeness (QED) is 0.754. The number of hydrogen-bond donors (Lipinski definition) is 1. The van der Waals surface area contributed by atoms with Crippen molar-refractivity contribution in [2.45, 2.75) is 26.3 Å². The Morgan fingerprint density at radius 2 is 1.79 bits per heavy atom. The van der Waals surface area contributed by atoms with E-state index in [2.05, 4.69) is 15.0 Å². The van der Waals surface area contributed by atoms with Crippen LogP contribution >= 0.6 is 0 Å². The molecule has 0 aliphatic rings. The van der Waals surface area contributed by atoms with Crippen LogP contribution in [0, 0.1) is 0 Å². The number of imidazole rings is 1. The van der Waals surface area contributed by atoms with Crippen LogP contribution in [0.15, 0.2) is 49.1 Å². The van der Waals surface area contributed by atoms with E-state index in [-0.39, 0.29) is 6.42 Å². The summed E-state index contributed by atoms with van der Waals surface area (Å²) in [5.74, 6) is -0.0647. The molecule has 0 aliphatic carbocycles. The van der Waals surface area contributed by atoms with Crippen molar-refractivity contribution in [3.63, 3.8) is 0 Å². The fourth-order valence-corrected chi connectivity index (χ4v) is 2.54. The van der Waals surface area contributed by atoms with E-state index < -0.39 is 5.97 Å². The molecule has 0 fully saturated rings. The van der Waals surface area contributed by atoms with Crippen LogP contribution in [0.4, 0.5) is 0 Å². The number of hydrogen-bond acceptors (Lipinski definition) is 4. The number of aromatic nitrogens is 4. The molecule has 0 bridgehead atoms. The average Bonchev–Trinajstić information content (AvgIpc) is 3.04. The highest BCUT2D eigenvalue weighted by molar-refractivity contribution is 5.78. The monoisotopic (exact) mass is 322 g/mol. The predicted molar refractivity (Wildman–Crippen MR) is 90.3 cm³/mol. The fourth-order valence-electron chi connectivity index (χ4n) is 2.54. The zero-order valence-electron chi connectivity index (χ0n) is 13.4. The Kier molecular flexibility index (Phi) is 4.65. The largest absolute Gasteiger partial charge is 0.481 e. The Hall–Kier alpha value is -3.02. The third-order valence-corrected chi connectivity index (χ3v) is 3.75. The summed E-state index contributed by atoms with van der Waals surface area (Å²) in [5, 5.41) is 8.97. The minimum absolute atomic E-state index is 0.0332. The van der Waals surface area contributed by atoms with Crippen molar-refractivity contribution in [3.05, 3.63) is 54.9 Å². The summed E-state index contributed by atoms with van der Waals surface area (Å²) in [5.41, 5.74) is 3.44. The van der Waals surface area contributed by atoms with Crippen LogP contribution in [-0.2, 0) is 17.8 Å². The molecule has 24 heavy (non-hydrogen) atoms. The van der Waals surface area contributed by atoms with Gasteiger partial charge in [0.15, 0.2) is 0 Å². The van der Waals surface area contributed by atoms with Crippen LogP contribution in [0.1, 0.15) is 19.2 Å². The molecule has 6 nitrogen and oxygen atoms in total.